The van der Waals surface area contributed by atoms with Crippen molar-refractivity contribution in [3.8, 4) is 0 Å². The average Bonchev–Trinajstić information content (AvgIpc) is 2.38. The topological polar surface area (TPSA) is 84.7 Å². The molecule has 2 rings (SSSR count). The van der Waals surface area contributed by atoms with Gasteiger partial charge in [-0.3, -0.25) is 10.1 Å². The maximum atomic E-state index is 11.7. The number of amides is 2. The minimum absolute atomic E-state index is 0.131. The summed E-state index contributed by atoms with van der Waals surface area (Å²) in [4.78, 5) is 24.6. The minimum atomic E-state index is -0.737. The number of nitrogen functional groups attached to an aromatic ring is 1. The third-order valence-corrected chi connectivity index (χ3v) is 3.08. The quantitative estimate of drug-likeness (QED) is 0.774. The highest BCUT2D eigenvalue weighted by molar-refractivity contribution is 5.94. The number of nitrogens with one attached hydrogen (secondary N) is 1. The Bertz CT molecular complexity index is 502. The Labute approximate surface area is 111 Å². The fraction of sp³-hybridized carbons (Fsp3) is 0.385. The van der Waals surface area contributed by atoms with E-state index in [1.807, 2.05) is 23.1 Å². The number of benzene rings is 1. The lowest BCUT2D eigenvalue weighted by molar-refractivity contribution is -0.119. The fourth-order valence-corrected chi connectivity index (χ4v) is 2.24. The summed E-state index contributed by atoms with van der Waals surface area (Å²) >= 11 is 0. The Balaban J connectivity index is 2.07. The zero-order valence-corrected chi connectivity index (χ0v) is 10.8. The van der Waals surface area contributed by atoms with E-state index in [1.54, 1.807) is 0 Å². The molecule has 0 aromatic heterocycles. The highest BCUT2D eigenvalue weighted by Gasteiger charge is 2.20. The van der Waals surface area contributed by atoms with Crippen LogP contribution in [0.4, 0.5) is 16.2 Å². The number of rotatable bonds is 2. The molecule has 0 saturated heterocycles. The lowest BCUT2D eigenvalue weighted by Crippen LogP contribution is -2.42. The Morgan fingerprint density at radius 2 is 2.26 bits per heavy atom. The van der Waals surface area contributed by atoms with Crippen LogP contribution in [-0.4, -0.2) is 32.2 Å². The van der Waals surface area contributed by atoms with Gasteiger partial charge in [0, 0.05) is 17.9 Å². The largest absolute Gasteiger partial charge is 0.453 e. The number of carbonyl (C=O) groups excluding carboxylic acids is 2. The van der Waals surface area contributed by atoms with E-state index in [4.69, 9.17) is 5.73 Å². The Morgan fingerprint density at radius 1 is 1.47 bits per heavy atom. The molecule has 0 saturated carbocycles. The third-order valence-electron chi connectivity index (χ3n) is 3.08. The summed E-state index contributed by atoms with van der Waals surface area (Å²) < 4.78 is 4.39. The van der Waals surface area contributed by atoms with Crippen molar-refractivity contribution in [3.05, 3.63) is 23.8 Å². The third kappa shape index (κ3) is 3.15. The van der Waals surface area contributed by atoms with Crippen molar-refractivity contribution in [2.75, 3.05) is 30.8 Å². The summed E-state index contributed by atoms with van der Waals surface area (Å²) in [6.07, 6.45) is 1.18. The standard InChI is InChI=1S/C13H17N3O3/c1-19-13(18)15-12(17)8-16-6-2-3-9-7-10(14)4-5-11(9)16/h4-5,7H,2-3,6,8,14H2,1H3,(H,15,17,18). The number of ether oxygens (including phenoxy) is 1. The van der Waals surface area contributed by atoms with Crippen molar-refractivity contribution in [2.24, 2.45) is 0 Å². The van der Waals surface area contributed by atoms with Crippen LogP contribution in [0.15, 0.2) is 18.2 Å². The van der Waals surface area contributed by atoms with Gasteiger partial charge in [-0.15, -0.1) is 0 Å². The monoisotopic (exact) mass is 263 g/mol. The number of imide groups is 1. The number of anilines is 2. The number of nitrogens with zero attached hydrogens (tertiary/aromatic N) is 1. The van der Waals surface area contributed by atoms with Gasteiger partial charge < -0.3 is 15.4 Å². The highest BCUT2D eigenvalue weighted by Crippen LogP contribution is 2.28. The molecule has 0 unspecified atom stereocenters. The van der Waals surface area contributed by atoms with Crippen molar-refractivity contribution < 1.29 is 14.3 Å². The van der Waals surface area contributed by atoms with E-state index in [-0.39, 0.29) is 12.5 Å². The summed E-state index contributed by atoms with van der Waals surface area (Å²) in [6, 6.07) is 5.66. The number of methoxy groups -OCH3 is 1. The highest BCUT2D eigenvalue weighted by atomic mass is 16.5. The average molecular weight is 263 g/mol. The predicted molar refractivity (Wildman–Crippen MR) is 71.9 cm³/mol. The molecule has 102 valence electrons. The maximum Gasteiger partial charge on any atom is 0.413 e. The molecule has 0 aliphatic carbocycles. The fourth-order valence-electron chi connectivity index (χ4n) is 2.24. The van der Waals surface area contributed by atoms with Crippen LogP contribution in [0.1, 0.15) is 12.0 Å². The first-order chi connectivity index (χ1) is 9.10. The number of aryl methyl sites for hydroxylation is 1. The molecule has 6 heteroatoms. The Hall–Kier alpha value is -2.24. The SMILES string of the molecule is COC(=O)NC(=O)CN1CCCc2cc(N)ccc21. The number of fused-ring (bicyclic) bond motifs is 1. The van der Waals surface area contributed by atoms with Gasteiger partial charge in [0.2, 0.25) is 5.91 Å². The number of alkyl carbamates (subject to hydrolysis) is 1. The van der Waals surface area contributed by atoms with E-state index in [9.17, 15) is 9.59 Å². The Morgan fingerprint density at radius 3 is 3.00 bits per heavy atom. The van der Waals surface area contributed by atoms with Gasteiger partial charge in [0.15, 0.2) is 0 Å². The second-order valence-corrected chi connectivity index (χ2v) is 4.45. The number of hydrogen-bond donors (Lipinski definition) is 2. The van der Waals surface area contributed by atoms with Crippen LogP contribution >= 0.6 is 0 Å². The molecule has 0 fully saturated rings. The van der Waals surface area contributed by atoms with Crippen molar-refractivity contribution in [3.63, 3.8) is 0 Å². The number of nitrogens with two attached hydrogens (primary N) is 1. The van der Waals surface area contributed by atoms with Gasteiger partial charge in [0.05, 0.1) is 13.7 Å². The van der Waals surface area contributed by atoms with E-state index < -0.39 is 6.09 Å². The molecule has 0 spiro atoms. The number of hydrogen-bond acceptors (Lipinski definition) is 5. The summed E-state index contributed by atoms with van der Waals surface area (Å²) in [5.41, 5.74) is 8.61. The van der Waals surface area contributed by atoms with Crippen LogP contribution in [0, 0.1) is 0 Å². The normalized spacial score (nSPS) is 13.6. The summed E-state index contributed by atoms with van der Waals surface area (Å²) in [5.74, 6) is -0.378. The van der Waals surface area contributed by atoms with Gasteiger partial charge in [0.25, 0.3) is 0 Å². The van der Waals surface area contributed by atoms with E-state index in [0.29, 0.717) is 0 Å². The molecule has 1 aromatic carbocycles. The molecular formula is C13H17N3O3. The van der Waals surface area contributed by atoms with Gasteiger partial charge in [-0.2, -0.15) is 0 Å². The van der Waals surface area contributed by atoms with Crippen LogP contribution in [0.2, 0.25) is 0 Å². The molecule has 2 amide bonds. The summed E-state index contributed by atoms with van der Waals surface area (Å²) in [6.45, 7) is 0.914. The van der Waals surface area contributed by atoms with Crippen molar-refractivity contribution in [1.82, 2.24) is 5.32 Å². The molecule has 0 atom stereocenters. The smallest absolute Gasteiger partial charge is 0.413 e. The first kappa shape index (κ1) is 13.2. The first-order valence-electron chi connectivity index (χ1n) is 6.11. The van der Waals surface area contributed by atoms with Crippen LogP contribution < -0.4 is 16.0 Å². The first-order valence-corrected chi connectivity index (χ1v) is 6.11. The molecule has 19 heavy (non-hydrogen) atoms. The molecular weight excluding hydrogens is 246 g/mol. The molecule has 0 bridgehead atoms. The number of carbonyl (C=O) groups is 2. The molecule has 3 N–H and O–H groups in total. The van der Waals surface area contributed by atoms with E-state index in [1.165, 1.54) is 7.11 Å². The summed E-state index contributed by atoms with van der Waals surface area (Å²) in [5, 5.41) is 2.15. The van der Waals surface area contributed by atoms with E-state index in [2.05, 4.69) is 10.1 Å². The van der Waals surface area contributed by atoms with Gasteiger partial charge in [-0.1, -0.05) is 0 Å². The Kier molecular flexibility index (Phi) is 3.89. The molecule has 1 aliphatic rings. The molecule has 1 heterocycles. The second kappa shape index (κ2) is 5.60. The van der Waals surface area contributed by atoms with Crippen LogP contribution in [0.3, 0.4) is 0 Å². The zero-order valence-electron chi connectivity index (χ0n) is 10.8. The lowest BCUT2D eigenvalue weighted by Gasteiger charge is -2.30. The van der Waals surface area contributed by atoms with E-state index in [0.717, 1.165) is 36.3 Å². The molecule has 1 aliphatic heterocycles. The van der Waals surface area contributed by atoms with Gasteiger partial charge in [-0.25, -0.2) is 4.79 Å². The van der Waals surface area contributed by atoms with Crippen molar-refractivity contribution >= 4 is 23.4 Å². The predicted octanol–water partition coefficient (Wildman–Crippen LogP) is 0.904. The molecule has 0 radical (unpaired) electrons. The zero-order chi connectivity index (χ0) is 13.8. The van der Waals surface area contributed by atoms with Crippen LogP contribution in [0.25, 0.3) is 0 Å². The van der Waals surface area contributed by atoms with Gasteiger partial charge in [-0.05, 0) is 36.6 Å². The second-order valence-electron chi connectivity index (χ2n) is 4.45. The van der Waals surface area contributed by atoms with Gasteiger partial charge >= 0.3 is 6.09 Å². The summed E-state index contributed by atoms with van der Waals surface area (Å²) in [7, 11) is 1.22. The van der Waals surface area contributed by atoms with Gasteiger partial charge in [0.1, 0.15) is 0 Å². The van der Waals surface area contributed by atoms with Crippen molar-refractivity contribution in [1.29, 1.82) is 0 Å². The lowest BCUT2D eigenvalue weighted by atomic mass is 10.0. The minimum Gasteiger partial charge on any atom is -0.453 e. The van der Waals surface area contributed by atoms with Crippen LogP contribution in [0.5, 0.6) is 0 Å². The van der Waals surface area contributed by atoms with Crippen molar-refractivity contribution in [2.45, 2.75) is 12.8 Å². The maximum absolute atomic E-state index is 11.7. The van der Waals surface area contributed by atoms with E-state index >= 15 is 0 Å². The van der Waals surface area contributed by atoms with Crippen LogP contribution in [-0.2, 0) is 16.0 Å². The molecule has 6 nitrogen and oxygen atoms in total. The molecule has 1 aromatic rings.